The summed E-state index contributed by atoms with van der Waals surface area (Å²) in [7, 11) is -2.23. The summed E-state index contributed by atoms with van der Waals surface area (Å²) in [5.41, 5.74) is 0.907. The Hall–Kier alpha value is -2.23. The molecule has 0 saturated heterocycles. The number of para-hydroxylation sites is 1. The fraction of sp³-hybridized carbons (Fsp3) is 0.316. The molecule has 0 spiro atoms. The highest BCUT2D eigenvalue weighted by Gasteiger charge is 2.32. The van der Waals surface area contributed by atoms with E-state index in [2.05, 4.69) is 5.09 Å². The Balaban J connectivity index is 1.92. The lowest BCUT2D eigenvalue weighted by Crippen LogP contribution is -2.35. The van der Waals surface area contributed by atoms with Gasteiger partial charge < -0.3 is 4.74 Å². The highest BCUT2D eigenvalue weighted by Crippen LogP contribution is 2.25. The van der Waals surface area contributed by atoms with Crippen LogP contribution < -0.4 is 9.61 Å². The predicted octanol–water partition coefficient (Wildman–Crippen LogP) is 4.47. The molecule has 2 aromatic carbocycles. The van der Waals surface area contributed by atoms with E-state index >= 15 is 0 Å². The largest absolute Gasteiger partial charge is 0.664 e. The van der Waals surface area contributed by atoms with Crippen LogP contribution in [0.2, 0.25) is 0 Å². The van der Waals surface area contributed by atoms with Crippen LogP contribution in [-0.2, 0) is 20.7 Å². The molecule has 0 amide bonds. The Morgan fingerprint density at radius 1 is 1.04 bits per heavy atom. The van der Waals surface area contributed by atoms with Crippen molar-refractivity contribution in [1.29, 1.82) is 0 Å². The van der Waals surface area contributed by atoms with E-state index in [-0.39, 0.29) is 12.5 Å². The Bertz CT molecular complexity index is 676. The molecule has 0 bridgehead atoms. The van der Waals surface area contributed by atoms with E-state index < -0.39 is 20.2 Å². The van der Waals surface area contributed by atoms with Crippen LogP contribution in [0.4, 0.5) is 0 Å². The van der Waals surface area contributed by atoms with E-state index in [0.29, 0.717) is 12.2 Å². The van der Waals surface area contributed by atoms with Crippen molar-refractivity contribution in [2.75, 3.05) is 0 Å². The number of carbonyl (C=O) groups excluding carboxylic acids is 1. The first kappa shape index (κ1) is 19.1. The van der Waals surface area contributed by atoms with E-state index in [4.69, 9.17) is 9.26 Å². The normalized spacial score (nSPS) is 12.5. The van der Waals surface area contributed by atoms with Crippen LogP contribution in [0.25, 0.3) is 0 Å². The topological polar surface area (TPSA) is 64.6 Å². The summed E-state index contributed by atoms with van der Waals surface area (Å²) in [6, 6.07) is 17.6. The van der Waals surface area contributed by atoms with Gasteiger partial charge in [0.25, 0.3) is 0 Å². The smallest absolute Gasteiger partial charge is 0.460 e. The molecular formula is C19H23NO4P+. The lowest BCUT2D eigenvalue weighted by Gasteiger charge is -2.14. The summed E-state index contributed by atoms with van der Waals surface area (Å²) < 4.78 is 22.9. The molecule has 0 aromatic heterocycles. The molecular weight excluding hydrogens is 337 g/mol. The van der Waals surface area contributed by atoms with Crippen molar-refractivity contribution >= 4 is 14.1 Å². The van der Waals surface area contributed by atoms with Crippen LogP contribution >= 0.6 is 8.18 Å². The molecule has 0 saturated carbocycles. The minimum atomic E-state index is -2.23. The molecule has 0 aliphatic heterocycles. The summed E-state index contributed by atoms with van der Waals surface area (Å²) in [6.45, 7) is 4.17. The second kappa shape index (κ2) is 9.92. The lowest BCUT2D eigenvalue weighted by molar-refractivity contribution is -0.147. The molecule has 0 heterocycles. The number of hydrogen-bond donors (Lipinski definition) is 1. The van der Waals surface area contributed by atoms with Crippen molar-refractivity contribution in [3.63, 3.8) is 0 Å². The van der Waals surface area contributed by atoms with E-state index in [1.165, 1.54) is 0 Å². The zero-order valence-electron chi connectivity index (χ0n) is 14.4. The van der Waals surface area contributed by atoms with Gasteiger partial charge in [-0.2, -0.15) is 0 Å². The van der Waals surface area contributed by atoms with Crippen molar-refractivity contribution in [2.45, 2.75) is 32.9 Å². The minimum Gasteiger partial charge on any atom is -0.460 e. The zero-order valence-corrected chi connectivity index (χ0v) is 15.3. The second-order valence-corrected chi connectivity index (χ2v) is 7.02. The third kappa shape index (κ3) is 7.04. The van der Waals surface area contributed by atoms with Crippen molar-refractivity contribution < 1.29 is 18.6 Å². The van der Waals surface area contributed by atoms with Gasteiger partial charge in [-0.05, 0) is 30.0 Å². The van der Waals surface area contributed by atoms with Crippen LogP contribution in [0.5, 0.6) is 5.75 Å². The first-order valence-corrected chi connectivity index (χ1v) is 9.39. The molecule has 132 valence electrons. The Morgan fingerprint density at radius 3 is 2.24 bits per heavy atom. The van der Waals surface area contributed by atoms with Gasteiger partial charge in [0.05, 0.1) is 0 Å². The Kier molecular flexibility index (Phi) is 7.58. The molecule has 2 atom stereocenters. The van der Waals surface area contributed by atoms with Gasteiger partial charge in [0.2, 0.25) is 0 Å². The quantitative estimate of drug-likeness (QED) is 0.528. The molecule has 0 aliphatic carbocycles. The van der Waals surface area contributed by atoms with Crippen molar-refractivity contribution in [3.05, 3.63) is 66.2 Å². The highest BCUT2D eigenvalue weighted by atomic mass is 31.1. The Morgan fingerprint density at radius 2 is 1.64 bits per heavy atom. The molecule has 1 N–H and O–H groups in total. The van der Waals surface area contributed by atoms with Gasteiger partial charge in [-0.3, -0.25) is 4.79 Å². The number of rotatable bonds is 9. The van der Waals surface area contributed by atoms with Crippen LogP contribution in [-0.4, -0.2) is 12.0 Å². The third-order valence-electron chi connectivity index (χ3n) is 3.41. The van der Waals surface area contributed by atoms with Gasteiger partial charge in [-0.15, -0.1) is 0 Å². The van der Waals surface area contributed by atoms with E-state index in [1.54, 1.807) is 24.3 Å². The van der Waals surface area contributed by atoms with Crippen LogP contribution in [0.15, 0.2) is 60.7 Å². The maximum absolute atomic E-state index is 12.4. The van der Waals surface area contributed by atoms with Crippen LogP contribution in [0.1, 0.15) is 25.8 Å². The van der Waals surface area contributed by atoms with Crippen molar-refractivity contribution in [3.8, 4) is 5.75 Å². The molecule has 6 heteroatoms. The average molecular weight is 360 g/mol. The summed E-state index contributed by atoms with van der Waals surface area (Å²) in [6.07, 6.45) is 0.507. The standard InChI is InChI=1S/C19H23NO4P/c1-15(2)13-18(19(21)23-14-16-9-5-3-6-10-16)20-25(22)24-17-11-7-4-8-12-17/h3-12,15,18H,13-14H2,1-2H3,(H,20,22)/q+1/t18-/m0/s1. The Labute approximate surface area is 149 Å². The monoisotopic (exact) mass is 360 g/mol. The number of ether oxygens (including phenoxy) is 1. The summed E-state index contributed by atoms with van der Waals surface area (Å²) in [5.74, 6) is 0.288. The van der Waals surface area contributed by atoms with Crippen LogP contribution in [0.3, 0.4) is 0 Å². The third-order valence-corrected chi connectivity index (χ3v) is 4.31. The molecule has 1 unspecified atom stereocenters. The molecule has 5 nitrogen and oxygen atoms in total. The van der Waals surface area contributed by atoms with Crippen molar-refractivity contribution in [1.82, 2.24) is 5.09 Å². The second-order valence-electron chi connectivity index (χ2n) is 6.07. The highest BCUT2D eigenvalue weighted by molar-refractivity contribution is 7.37. The lowest BCUT2D eigenvalue weighted by atomic mass is 10.1. The first-order chi connectivity index (χ1) is 12.0. The van der Waals surface area contributed by atoms with Gasteiger partial charge in [0.1, 0.15) is 6.61 Å². The molecule has 2 rings (SSSR count). The minimum absolute atomic E-state index is 0.187. The van der Waals surface area contributed by atoms with E-state index in [1.807, 2.05) is 50.2 Å². The number of carbonyl (C=O) groups is 1. The fourth-order valence-corrected chi connectivity index (χ4v) is 3.06. The molecule has 0 aliphatic rings. The number of esters is 1. The molecule has 0 radical (unpaired) electrons. The number of benzene rings is 2. The maximum Gasteiger partial charge on any atom is 0.664 e. The predicted molar refractivity (Wildman–Crippen MR) is 97.3 cm³/mol. The van der Waals surface area contributed by atoms with Crippen LogP contribution in [0, 0.1) is 5.92 Å². The van der Waals surface area contributed by atoms with Gasteiger partial charge in [-0.25, -0.2) is 4.52 Å². The van der Waals surface area contributed by atoms with Gasteiger partial charge in [0.15, 0.2) is 11.8 Å². The zero-order chi connectivity index (χ0) is 18.1. The van der Waals surface area contributed by atoms with Gasteiger partial charge >= 0.3 is 14.1 Å². The molecule has 0 fully saturated rings. The van der Waals surface area contributed by atoms with Gasteiger partial charge in [0, 0.05) is 4.57 Å². The number of nitrogens with one attached hydrogen (secondary N) is 1. The average Bonchev–Trinajstić information content (AvgIpc) is 2.60. The SMILES string of the molecule is CC(C)C[C@H](N[P+](=O)Oc1ccccc1)C(=O)OCc1ccccc1. The number of hydrogen-bond acceptors (Lipinski definition) is 4. The summed E-state index contributed by atoms with van der Waals surface area (Å²) in [4.78, 5) is 12.4. The van der Waals surface area contributed by atoms with E-state index in [9.17, 15) is 9.36 Å². The van der Waals surface area contributed by atoms with Crippen molar-refractivity contribution in [2.24, 2.45) is 5.92 Å². The van der Waals surface area contributed by atoms with E-state index in [0.717, 1.165) is 5.56 Å². The summed E-state index contributed by atoms with van der Waals surface area (Å²) in [5, 5.41) is 2.75. The van der Waals surface area contributed by atoms with Gasteiger partial charge in [-0.1, -0.05) is 67.5 Å². The molecule has 2 aromatic rings. The molecule has 25 heavy (non-hydrogen) atoms. The summed E-state index contributed by atoms with van der Waals surface area (Å²) >= 11 is 0. The maximum atomic E-state index is 12.4. The first-order valence-electron chi connectivity index (χ1n) is 8.21. The fourth-order valence-electron chi connectivity index (χ4n) is 2.23.